The molecule has 0 bridgehead atoms. The van der Waals surface area contributed by atoms with Gasteiger partial charge < -0.3 is 20.7 Å². The van der Waals surface area contributed by atoms with E-state index in [0.717, 1.165) is 45.4 Å². The van der Waals surface area contributed by atoms with Gasteiger partial charge >= 0.3 is 0 Å². The molecule has 1 saturated heterocycles. The van der Waals surface area contributed by atoms with E-state index in [9.17, 15) is 4.79 Å². The Morgan fingerprint density at radius 1 is 1.42 bits per heavy atom. The summed E-state index contributed by atoms with van der Waals surface area (Å²) in [5, 5.41) is 3.06. The van der Waals surface area contributed by atoms with Gasteiger partial charge in [0.15, 0.2) is 0 Å². The van der Waals surface area contributed by atoms with Gasteiger partial charge in [-0.15, -0.1) is 0 Å². The van der Waals surface area contributed by atoms with Crippen LogP contribution >= 0.6 is 0 Å². The lowest BCUT2D eigenvalue weighted by atomic mass is 9.73. The minimum Gasteiger partial charge on any atom is -0.374 e. The summed E-state index contributed by atoms with van der Waals surface area (Å²) in [6.45, 7) is 3.67. The van der Waals surface area contributed by atoms with Crippen LogP contribution < -0.4 is 11.1 Å². The fraction of sp³-hybridized carbons (Fsp3) is 0.929. The molecule has 0 aromatic carbocycles. The molecule has 3 N–H and O–H groups in total. The Kier molecular flexibility index (Phi) is 5.19. The summed E-state index contributed by atoms with van der Waals surface area (Å²) >= 11 is 0. The van der Waals surface area contributed by atoms with Crippen molar-refractivity contribution in [3.8, 4) is 0 Å². The molecule has 1 saturated carbocycles. The van der Waals surface area contributed by atoms with Crippen molar-refractivity contribution in [1.29, 1.82) is 0 Å². The number of carbonyl (C=O) groups is 1. The molecule has 1 unspecified atom stereocenters. The maximum Gasteiger partial charge on any atom is 0.227 e. The molecule has 0 aromatic rings. The fourth-order valence-electron chi connectivity index (χ4n) is 3.14. The quantitative estimate of drug-likeness (QED) is 0.772. The lowest BCUT2D eigenvalue weighted by Gasteiger charge is -2.36. The summed E-state index contributed by atoms with van der Waals surface area (Å²) in [7, 11) is 2.08. The molecule has 2 fully saturated rings. The number of carbonyl (C=O) groups excluding carboxylic acids is 1. The lowest BCUT2D eigenvalue weighted by molar-refractivity contribution is -0.133. The highest BCUT2D eigenvalue weighted by Crippen LogP contribution is 2.35. The Hall–Kier alpha value is -0.650. The van der Waals surface area contributed by atoms with Gasteiger partial charge in [-0.3, -0.25) is 4.79 Å². The van der Waals surface area contributed by atoms with Crippen molar-refractivity contribution in [2.24, 2.45) is 11.1 Å². The molecule has 2 rings (SSSR count). The predicted molar refractivity (Wildman–Crippen MR) is 74.8 cm³/mol. The van der Waals surface area contributed by atoms with Crippen LogP contribution in [-0.2, 0) is 9.53 Å². The molecular formula is C14H27N3O2. The molecule has 2 aliphatic rings. The van der Waals surface area contributed by atoms with Crippen molar-refractivity contribution < 1.29 is 9.53 Å². The van der Waals surface area contributed by atoms with Gasteiger partial charge in [-0.05, 0) is 19.9 Å². The van der Waals surface area contributed by atoms with Gasteiger partial charge in [0.05, 0.1) is 18.1 Å². The summed E-state index contributed by atoms with van der Waals surface area (Å²) in [6.07, 6.45) is 5.44. The van der Waals surface area contributed by atoms with Crippen molar-refractivity contribution in [3.05, 3.63) is 0 Å². The number of hydrogen-bond donors (Lipinski definition) is 2. The van der Waals surface area contributed by atoms with Gasteiger partial charge in [-0.2, -0.15) is 0 Å². The second kappa shape index (κ2) is 6.68. The van der Waals surface area contributed by atoms with E-state index in [1.165, 1.54) is 6.42 Å². The van der Waals surface area contributed by atoms with E-state index < -0.39 is 0 Å². The Labute approximate surface area is 115 Å². The van der Waals surface area contributed by atoms with Crippen molar-refractivity contribution in [3.63, 3.8) is 0 Å². The van der Waals surface area contributed by atoms with Gasteiger partial charge in [0, 0.05) is 26.2 Å². The number of morpholine rings is 1. The first-order chi connectivity index (χ1) is 9.16. The number of hydrogen-bond acceptors (Lipinski definition) is 4. The monoisotopic (exact) mass is 269 g/mol. The van der Waals surface area contributed by atoms with Crippen LogP contribution in [0.15, 0.2) is 0 Å². The van der Waals surface area contributed by atoms with Gasteiger partial charge in [-0.25, -0.2) is 0 Å². The standard InChI is InChI=1S/C14H27N3O2/c1-17-7-8-19-12(10-17)9-16-13(18)14(11-15)5-3-2-4-6-14/h12H,2-11,15H2,1H3,(H,16,18). The largest absolute Gasteiger partial charge is 0.374 e. The average Bonchev–Trinajstić information content (AvgIpc) is 2.45. The predicted octanol–water partition coefficient (Wildman–Crippen LogP) is 0.342. The Bertz CT molecular complexity index is 303. The molecule has 0 aromatic heterocycles. The van der Waals surface area contributed by atoms with Gasteiger partial charge in [-0.1, -0.05) is 19.3 Å². The van der Waals surface area contributed by atoms with Crippen molar-refractivity contribution in [2.45, 2.75) is 38.2 Å². The van der Waals surface area contributed by atoms with Crippen LogP contribution in [0.2, 0.25) is 0 Å². The van der Waals surface area contributed by atoms with E-state index in [-0.39, 0.29) is 17.4 Å². The molecule has 1 atom stereocenters. The smallest absolute Gasteiger partial charge is 0.227 e. The van der Waals surface area contributed by atoms with Crippen LogP contribution in [0, 0.1) is 5.41 Å². The molecular weight excluding hydrogens is 242 g/mol. The summed E-state index contributed by atoms with van der Waals surface area (Å²) in [6, 6.07) is 0. The molecule has 1 aliphatic heterocycles. The zero-order chi connectivity index (χ0) is 13.7. The average molecular weight is 269 g/mol. The Morgan fingerprint density at radius 3 is 2.79 bits per heavy atom. The van der Waals surface area contributed by atoms with Crippen molar-refractivity contribution >= 4 is 5.91 Å². The van der Waals surface area contributed by atoms with Gasteiger partial charge in [0.1, 0.15) is 0 Å². The SMILES string of the molecule is CN1CCOC(CNC(=O)C2(CN)CCCCC2)C1. The highest BCUT2D eigenvalue weighted by molar-refractivity contribution is 5.83. The molecule has 1 heterocycles. The number of nitrogens with two attached hydrogens (primary N) is 1. The fourth-order valence-corrected chi connectivity index (χ4v) is 3.14. The Balaban J connectivity index is 1.82. The van der Waals surface area contributed by atoms with E-state index in [1.54, 1.807) is 0 Å². The van der Waals surface area contributed by atoms with Crippen LogP contribution in [0.3, 0.4) is 0 Å². The second-order valence-electron chi connectivity index (χ2n) is 6.01. The molecule has 19 heavy (non-hydrogen) atoms. The lowest BCUT2D eigenvalue weighted by Crippen LogP contribution is -2.51. The number of ether oxygens (including phenoxy) is 1. The van der Waals surface area contributed by atoms with Crippen molar-refractivity contribution in [1.82, 2.24) is 10.2 Å². The molecule has 0 spiro atoms. The normalized spacial score (nSPS) is 28.0. The number of likely N-dealkylation sites (N-methyl/N-ethyl adjacent to an activating group) is 1. The summed E-state index contributed by atoms with van der Waals surface area (Å²) in [5.74, 6) is 0.131. The first kappa shape index (κ1) is 14.8. The highest BCUT2D eigenvalue weighted by Gasteiger charge is 2.38. The van der Waals surface area contributed by atoms with Crippen LogP contribution in [0.25, 0.3) is 0 Å². The Morgan fingerprint density at radius 2 is 2.16 bits per heavy atom. The zero-order valence-corrected chi connectivity index (χ0v) is 12.0. The molecule has 1 amide bonds. The maximum absolute atomic E-state index is 12.4. The zero-order valence-electron chi connectivity index (χ0n) is 12.0. The van der Waals surface area contributed by atoms with E-state index in [0.29, 0.717) is 13.1 Å². The van der Waals surface area contributed by atoms with Crippen molar-refractivity contribution in [2.75, 3.05) is 39.8 Å². The molecule has 0 radical (unpaired) electrons. The molecule has 5 heteroatoms. The summed E-state index contributed by atoms with van der Waals surface area (Å²) < 4.78 is 5.67. The molecule has 110 valence electrons. The first-order valence-corrected chi connectivity index (χ1v) is 7.45. The molecule has 1 aliphatic carbocycles. The summed E-state index contributed by atoms with van der Waals surface area (Å²) in [4.78, 5) is 14.7. The summed E-state index contributed by atoms with van der Waals surface area (Å²) in [5.41, 5.74) is 5.55. The van der Waals surface area contributed by atoms with E-state index >= 15 is 0 Å². The number of nitrogens with one attached hydrogen (secondary N) is 1. The van der Waals surface area contributed by atoms with E-state index in [4.69, 9.17) is 10.5 Å². The first-order valence-electron chi connectivity index (χ1n) is 7.45. The van der Waals surface area contributed by atoms with E-state index in [2.05, 4.69) is 17.3 Å². The second-order valence-corrected chi connectivity index (χ2v) is 6.01. The topological polar surface area (TPSA) is 67.6 Å². The third-order valence-electron chi connectivity index (χ3n) is 4.52. The highest BCUT2D eigenvalue weighted by atomic mass is 16.5. The van der Waals surface area contributed by atoms with E-state index in [1.807, 2.05) is 0 Å². The van der Waals surface area contributed by atoms with Crippen LogP contribution in [0.4, 0.5) is 0 Å². The van der Waals surface area contributed by atoms with Crippen LogP contribution in [0.1, 0.15) is 32.1 Å². The van der Waals surface area contributed by atoms with Gasteiger partial charge in [0.25, 0.3) is 0 Å². The maximum atomic E-state index is 12.4. The van der Waals surface area contributed by atoms with Gasteiger partial charge in [0.2, 0.25) is 5.91 Å². The number of nitrogens with zero attached hydrogens (tertiary/aromatic N) is 1. The third-order valence-corrected chi connectivity index (χ3v) is 4.52. The number of rotatable bonds is 4. The number of amides is 1. The van der Waals surface area contributed by atoms with Crippen LogP contribution in [-0.4, -0.2) is 56.7 Å². The molecule has 5 nitrogen and oxygen atoms in total. The third kappa shape index (κ3) is 3.68. The minimum absolute atomic E-state index is 0.112. The van der Waals surface area contributed by atoms with Crippen LogP contribution in [0.5, 0.6) is 0 Å². The minimum atomic E-state index is -0.321.